The van der Waals surface area contributed by atoms with Crippen molar-refractivity contribution in [3.8, 4) is 0 Å². The van der Waals surface area contributed by atoms with Gasteiger partial charge in [0.2, 0.25) is 0 Å². The number of rotatable bonds is 2. The van der Waals surface area contributed by atoms with Gasteiger partial charge in [0.25, 0.3) is 0 Å². The van der Waals surface area contributed by atoms with Crippen molar-refractivity contribution in [1.29, 1.82) is 0 Å². The predicted octanol–water partition coefficient (Wildman–Crippen LogP) is 2.86. The standard InChI is InChI=1S/C8H14S/c1-5-6-7-9-8(2,3)4/h6H,1,7H2,2-4H3. The molecule has 0 rings (SSSR count). The van der Waals surface area contributed by atoms with E-state index in [1.54, 1.807) is 0 Å². The Bertz CT molecular complexity index is 113. The summed E-state index contributed by atoms with van der Waals surface area (Å²) in [6.07, 6.45) is 1.95. The normalized spacial score (nSPS) is 10.6. The van der Waals surface area contributed by atoms with Gasteiger partial charge in [-0.25, -0.2) is 0 Å². The van der Waals surface area contributed by atoms with E-state index < -0.39 is 0 Å². The van der Waals surface area contributed by atoms with Crippen LogP contribution in [0.25, 0.3) is 0 Å². The summed E-state index contributed by atoms with van der Waals surface area (Å²) in [5.41, 5.74) is 2.74. The largest absolute Gasteiger partial charge is 0.151 e. The van der Waals surface area contributed by atoms with Crippen molar-refractivity contribution < 1.29 is 0 Å². The van der Waals surface area contributed by atoms with E-state index in [9.17, 15) is 0 Å². The van der Waals surface area contributed by atoms with E-state index >= 15 is 0 Å². The molecule has 0 aliphatic heterocycles. The van der Waals surface area contributed by atoms with Crippen molar-refractivity contribution in [3.05, 3.63) is 18.4 Å². The van der Waals surface area contributed by atoms with Crippen molar-refractivity contribution in [2.24, 2.45) is 0 Å². The lowest BCUT2D eigenvalue weighted by Gasteiger charge is -2.15. The fraction of sp³-hybridized carbons (Fsp3) is 0.625. The van der Waals surface area contributed by atoms with Crippen LogP contribution in [0.2, 0.25) is 0 Å². The summed E-state index contributed by atoms with van der Waals surface area (Å²) in [6.45, 7) is 10.1. The highest BCUT2D eigenvalue weighted by atomic mass is 32.2. The average Bonchev–Trinajstić information content (AvgIpc) is 1.63. The lowest BCUT2D eigenvalue weighted by Crippen LogP contribution is -2.07. The topological polar surface area (TPSA) is 0 Å². The molecule has 0 atom stereocenters. The Morgan fingerprint density at radius 3 is 2.44 bits per heavy atom. The zero-order valence-electron chi connectivity index (χ0n) is 6.40. The van der Waals surface area contributed by atoms with Gasteiger partial charge in [-0.15, -0.1) is 5.73 Å². The summed E-state index contributed by atoms with van der Waals surface area (Å²) in [5.74, 6) is 1.02. The van der Waals surface area contributed by atoms with Crippen LogP contribution in [0.15, 0.2) is 18.4 Å². The Morgan fingerprint density at radius 1 is 1.56 bits per heavy atom. The second kappa shape index (κ2) is 3.81. The van der Waals surface area contributed by atoms with E-state index in [1.165, 1.54) is 0 Å². The summed E-state index contributed by atoms with van der Waals surface area (Å²) < 4.78 is 0.368. The Hall–Kier alpha value is -0.130. The van der Waals surface area contributed by atoms with Crippen LogP contribution in [0.4, 0.5) is 0 Å². The maximum Gasteiger partial charge on any atom is 0.0194 e. The van der Waals surface area contributed by atoms with E-state index in [-0.39, 0.29) is 0 Å². The molecule has 0 aromatic rings. The monoisotopic (exact) mass is 142 g/mol. The fourth-order valence-corrected chi connectivity index (χ4v) is 1.05. The predicted molar refractivity (Wildman–Crippen MR) is 45.9 cm³/mol. The molecule has 0 heterocycles. The smallest absolute Gasteiger partial charge is 0.0194 e. The quantitative estimate of drug-likeness (QED) is 0.534. The van der Waals surface area contributed by atoms with Crippen molar-refractivity contribution >= 4 is 11.8 Å². The molecule has 0 aromatic heterocycles. The highest BCUT2D eigenvalue weighted by molar-refractivity contribution is 8.00. The molecule has 0 radical (unpaired) electrons. The van der Waals surface area contributed by atoms with Crippen LogP contribution in [0, 0.1) is 0 Å². The molecular formula is C8H14S. The molecule has 52 valence electrons. The summed E-state index contributed by atoms with van der Waals surface area (Å²) in [4.78, 5) is 0. The average molecular weight is 142 g/mol. The Labute approximate surface area is 62.0 Å². The third-order valence-corrected chi connectivity index (χ3v) is 1.94. The summed E-state index contributed by atoms with van der Waals surface area (Å²) in [6, 6.07) is 0. The molecule has 0 amide bonds. The molecule has 0 nitrogen and oxygen atoms in total. The lowest BCUT2D eigenvalue weighted by molar-refractivity contribution is 0.804. The van der Waals surface area contributed by atoms with Crippen LogP contribution in [0.5, 0.6) is 0 Å². The van der Waals surface area contributed by atoms with Gasteiger partial charge in [0.15, 0.2) is 0 Å². The molecule has 0 aliphatic rings. The van der Waals surface area contributed by atoms with Crippen LogP contribution in [0.1, 0.15) is 20.8 Å². The zero-order chi connectivity index (χ0) is 7.33. The molecule has 0 saturated heterocycles. The van der Waals surface area contributed by atoms with Gasteiger partial charge in [0.05, 0.1) is 0 Å². The number of thioether (sulfide) groups is 1. The molecule has 0 fully saturated rings. The minimum Gasteiger partial charge on any atom is -0.151 e. The summed E-state index contributed by atoms with van der Waals surface area (Å²) >= 11 is 1.90. The van der Waals surface area contributed by atoms with Gasteiger partial charge >= 0.3 is 0 Å². The van der Waals surface area contributed by atoms with Gasteiger partial charge in [-0.1, -0.05) is 27.4 Å². The van der Waals surface area contributed by atoms with E-state index in [0.717, 1.165) is 5.75 Å². The molecule has 0 aromatic carbocycles. The number of hydrogen-bond donors (Lipinski definition) is 0. The molecule has 9 heavy (non-hydrogen) atoms. The first-order valence-electron chi connectivity index (χ1n) is 3.04. The maximum atomic E-state index is 3.49. The fourth-order valence-electron chi connectivity index (χ4n) is 0.351. The zero-order valence-corrected chi connectivity index (χ0v) is 7.22. The van der Waals surface area contributed by atoms with Gasteiger partial charge in [-0.2, -0.15) is 11.8 Å². The van der Waals surface area contributed by atoms with Gasteiger partial charge in [0, 0.05) is 10.5 Å². The minimum absolute atomic E-state index is 0.368. The molecule has 0 spiro atoms. The highest BCUT2D eigenvalue weighted by Crippen LogP contribution is 2.22. The first-order chi connectivity index (χ1) is 4.06. The van der Waals surface area contributed by atoms with E-state index in [1.807, 2.05) is 17.8 Å². The third kappa shape index (κ3) is 7.87. The molecule has 0 bridgehead atoms. The van der Waals surface area contributed by atoms with E-state index in [4.69, 9.17) is 0 Å². The lowest BCUT2D eigenvalue weighted by atomic mass is 10.3. The SMILES string of the molecule is C=C=CCSC(C)(C)C. The van der Waals surface area contributed by atoms with Gasteiger partial charge in [-0.05, 0) is 6.08 Å². The first kappa shape index (κ1) is 8.87. The van der Waals surface area contributed by atoms with Crippen LogP contribution in [0.3, 0.4) is 0 Å². The van der Waals surface area contributed by atoms with Gasteiger partial charge < -0.3 is 0 Å². The summed E-state index contributed by atoms with van der Waals surface area (Å²) in [7, 11) is 0. The molecule has 1 heteroatoms. The molecule has 0 N–H and O–H groups in total. The maximum absolute atomic E-state index is 3.49. The molecule has 0 aliphatic carbocycles. The Morgan fingerprint density at radius 2 is 2.11 bits per heavy atom. The van der Waals surface area contributed by atoms with Crippen LogP contribution >= 0.6 is 11.8 Å². The van der Waals surface area contributed by atoms with Gasteiger partial charge in [0.1, 0.15) is 0 Å². The first-order valence-corrected chi connectivity index (χ1v) is 4.03. The van der Waals surface area contributed by atoms with Crippen molar-refractivity contribution in [2.75, 3.05) is 5.75 Å². The second-order valence-corrected chi connectivity index (χ2v) is 4.68. The van der Waals surface area contributed by atoms with Crippen LogP contribution in [-0.2, 0) is 0 Å². The van der Waals surface area contributed by atoms with Crippen molar-refractivity contribution in [3.63, 3.8) is 0 Å². The molecule has 0 unspecified atom stereocenters. The Balaban J connectivity index is 3.39. The third-order valence-electron chi connectivity index (χ3n) is 0.744. The highest BCUT2D eigenvalue weighted by Gasteiger charge is 2.07. The van der Waals surface area contributed by atoms with Crippen LogP contribution < -0.4 is 0 Å². The van der Waals surface area contributed by atoms with Crippen molar-refractivity contribution in [2.45, 2.75) is 25.5 Å². The van der Waals surface area contributed by atoms with Crippen molar-refractivity contribution in [1.82, 2.24) is 0 Å². The minimum atomic E-state index is 0.368. The second-order valence-electron chi connectivity index (χ2n) is 2.83. The Kier molecular flexibility index (Phi) is 3.76. The molecular weight excluding hydrogens is 128 g/mol. The van der Waals surface area contributed by atoms with Gasteiger partial charge in [-0.3, -0.25) is 0 Å². The molecule has 0 saturated carbocycles. The number of hydrogen-bond acceptors (Lipinski definition) is 1. The van der Waals surface area contributed by atoms with E-state index in [0.29, 0.717) is 4.75 Å². The van der Waals surface area contributed by atoms with E-state index in [2.05, 4.69) is 33.1 Å². The summed E-state index contributed by atoms with van der Waals surface area (Å²) in [5, 5.41) is 0. The van der Waals surface area contributed by atoms with Crippen LogP contribution in [-0.4, -0.2) is 10.5 Å².